The van der Waals surface area contributed by atoms with Crippen LogP contribution in [0, 0.1) is 0 Å². The maximum atomic E-state index is 11.7. The molecule has 0 saturated heterocycles. The lowest BCUT2D eigenvalue weighted by Gasteiger charge is -2.05. The fourth-order valence-corrected chi connectivity index (χ4v) is 2.14. The maximum absolute atomic E-state index is 11.7. The van der Waals surface area contributed by atoms with Crippen LogP contribution in [0.25, 0.3) is 11.0 Å². The van der Waals surface area contributed by atoms with Crippen molar-refractivity contribution in [3.63, 3.8) is 0 Å². The monoisotopic (exact) mass is 296 g/mol. The van der Waals surface area contributed by atoms with Gasteiger partial charge in [-0.25, -0.2) is 9.59 Å². The molecule has 5 heteroatoms. The lowest BCUT2D eigenvalue weighted by Crippen LogP contribution is -2.17. The van der Waals surface area contributed by atoms with Gasteiger partial charge < -0.3 is 9.15 Å². The zero-order valence-corrected chi connectivity index (χ0v) is 10.6. The smallest absolute Gasteiger partial charge is 0.352 e. The zero-order chi connectivity index (χ0) is 12.4. The highest BCUT2D eigenvalue weighted by molar-refractivity contribution is 9.10. The summed E-state index contributed by atoms with van der Waals surface area (Å²) in [5.74, 6) is -0.682. The van der Waals surface area contributed by atoms with Crippen LogP contribution in [0.2, 0.25) is 0 Å². The van der Waals surface area contributed by atoms with E-state index in [-0.39, 0.29) is 12.2 Å². The fourth-order valence-electron chi connectivity index (χ4n) is 1.49. The molecule has 0 spiro atoms. The van der Waals surface area contributed by atoms with Crippen molar-refractivity contribution in [2.75, 3.05) is 6.61 Å². The van der Waals surface area contributed by atoms with E-state index in [1.807, 2.05) is 0 Å². The van der Waals surface area contributed by atoms with Crippen molar-refractivity contribution in [3.05, 3.63) is 44.7 Å². The standard InChI is InChI=1S/C12H9BrO4/c1-2-16-11(14)9-10(13)7-5-3-4-6-8(7)17-12(9)15/h3-6H,2H2,1H3. The lowest BCUT2D eigenvalue weighted by molar-refractivity contribution is 0.0520. The van der Waals surface area contributed by atoms with Gasteiger partial charge in [-0.3, -0.25) is 0 Å². The molecule has 2 rings (SSSR count). The number of hydrogen-bond donors (Lipinski definition) is 0. The van der Waals surface area contributed by atoms with E-state index in [9.17, 15) is 9.59 Å². The number of hydrogen-bond acceptors (Lipinski definition) is 4. The average Bonchev–Trinajstić information content (AvgIpc) is 2.29. The van der Waals surface area contributed by atoms with Crippen LogP contribution in [-0.2, 0) is 4.74 Å². The molecule has 1 aromatic heterocycles. The van der Waals surface area contributed by atoms with Crippen molar-refractivity contribution in [1.82, 2.24) is 0 Å². The van der Waals surface area contributed by atoms with E-state index in [2.05, 4.69) is 15.9 Å². The number of carbonyl (C=O) groups excluding carboxylic acids is 1. The molecule has 0 aliphatic carbocycles. The van der Waals surface area contributed by atoms with Crippen molar-refractivity contribution in [2.45, 2.75) is 6.92 Å². The highest BCUT2D eigenvalue weighted by Crippen LogP contribution is 2.25. The molecular formula is C12H9BrO4. The van der Waals surface area contributed by atoms with Gasteiger partial charge in [0.05, 0.1) is 11.1 Å². The quantitative estimate of drug-likeness (QED) is 0.631. The van der Waals surface area contributed by atoms with Crippen LogP contribution in [0.3, 0.4) is 0 Å². The van der Waals surface area contributed by atoms with Crippen LogP contribution in [0.15, 0.2) is 37.9 Å². The number of esters is 1. The SMILES string of the molecule is CCOC(=O)c1c(Br)c2ccccc2oc1=O. The van der Waals surface area contributed by atoms with E-state index in [1.165, 1.54) is 0 Å². The van der Waals surface area contributed by atoms with Crippen molar-refractivity contribution >= 4 is 32.9 Å². The molecule has 0 fully saturated rings. The van der Waals surface area contributed by atoms with Crippen LogP contribution in [0.1, 0.15) is 17.3 Å². The van der Waals surface area contributed by atoms with E-state index in [0.29, 0.717) is 15.4 Å². The molecule has 1 heterocycles. The Morgan fingerprint density at radius 2 is 2.12 bits per heavy atom. The first-order valence-corrected chi connectivity index (χ1v) is 5.83. The molecule has 0 aliphatic heterocycles. The Kier molecular flexibility index (Phi) is 3.28. The molecular weight excluding hydrogens is 288 g/mol. The van der Waals surface area contributed by atoms with Crippen LogP contribution < -0.4 is 5.63 Å². The predicted molar refractivity (Wildman–Crippen MR) is 66.1 cm³/mol. The number of fused-ring (bicyclic) bond motifs is 1. The first-order chi connectivity index (χ1) is 8.15. The molecule has 4 nitrogen and oxygen atoms in total. The minimum Gasteiger partial charge on any atom is -0.462 e. The molecule has 2 aromatic rings. The Hall–Kier alpha value is -1.62. The first-order valence-electron chi connectivity index (χ1n) is 5.03. The Morgan fingerprint density at radius 3 is 2.82 bits per heavy atom. The molecule has 0 saturated carbocycles. The normalized spacial score (nSPS) is 10.5. The van der Waals surface area contributed by atoms with Crippen LogP contribution in [-0.4, -0.2) is 12.6 Å². The number of benzene rings is 1. The van der Waals surface area contributed by atoms with Gasteiger partial charge >= 0.3 is 11.6 Å². The van der Waals surface area contributed by atoms with E-state index in [1.54, 1.807) is 31.2 Å². The Labute approximate surface area is 105 Å². The van der Waals surface area contributed by atoms with Crippen molar-refractivity contribution < 1.29 is 13.9 Å². The van der Waals surface area contributed by atoms with E-state index < -0.39 is 11.6 Å². The van der Waals surface area contributed by atoms with Gasteiger partial charge in [0.15, 0.2) is 5.56 Å². The van der Waals surface area contributed by atoms with Gasteiger partial charge in [-0.1, -0.05) is 18.2 Å². The van der Waals surface area contributed by atoms with Gasteiger partial charge in [-0.05, 0) is 28.9 Å². The summed E-state index contributed by atoms with van der Waals surface area (Å²) < 4.78 is 10.3. The average molecular weight is 297 g/mol. The highest BCUT2D eigenvalue weighted by atomic mass is 79.9. The van der Waals surface area contributed by atoms with Crippen LogP contribution in [0.4, 0.5) is 0 Å². The number of carbonyl (C=O) groups is 1. The minimum atomic E-state index is -0.700. The van der Waals surface area contributed by atoms with E-state index in [0.717, 1.165) is 0 Å². The van der Waals surface area contributed by atoms with Crippen LogP contribution >= 0.6 is 15.9 Å². The second-order valence-corrected chi connectivity index (χ2v) is 4.09. The number of ether oxygens (including phenoxy) is 1. The number of para-hydroxylation sites is 1. The molecule has 1 aromatic carbocycles. The summed E-state index contributed by atoms with van der Waals surface area (Å²) in [6.45, 7) is 1.88. The topological polar surface area (TPSA) is 56.5 Å². The maximum Gasteiger partial charge on any atom is 0.352 e. The fraction of sp³-hybridized carbons (Fsp3) is 0.167. The summed E-state index contributed by atoms with van der Waals surface area (Å²) in [7, 11) is 0. The van der Waals surface area contributed by atoms with E-state index in [4.69, 9.17) is 9.15 Å². The summed E-state index contributed by atoms with van der Waals surface area (Å²) in [5.41, 5.74) is -0.378. The molecule has 0 aliphatic rings. The van der Waals surface area contributed by atoms with Gasteiger partial charge in [0.1, 0.15) is 5.58 Å². The molecule has 0 N–H and O–H groups in total. The molecule has 88 valence electrons. The second-order valence-electron chi connectivity index (χ2n) is 3.30. The molecule has 0 amide bonds. The Morgan fingerprint density at radius 1 is 1.41 bits per heavy atom. The Balaban J connectivity index is 2.72. The number of rotatable bonds is 2. The lowest BCUT2D eigenvalue weighted by atomic mass is 10.2. The summed E-state index contributed by atoms with van der Waals surface area (Å²) in [5, 5.41) is 0.662. The van der Waals surface area contributed by atoms with E-state index >= 15 is 0 Å². The van der Waals surface area contributed by atoms with Crippen molar-refractivity contribution in [3.8, 4) is 0 Å². The largest absolute Gasteiger partial charge is 0.462 e. The third-order valence-electron chi connectivity index (χ3n) is 2.23. The summed E-state index contributed by atoms with van der Waals surface area (Å²) in [6, 6.07) is 6.96. The van der Waals surface area contributed by atoms with Gasteiger partial charge in [-0.2, -0.15) is 0 Å². The number of halogens is 1. The highest BCUT2D eigenvalue weighted by Gasteiger charge is 2.20. The minimum absolute atomic E-state index is 0.106. The predicted octanol–water partition coefficient (Wildman–Crippen LogP) is 2.73. The van der Waals surface area contributed by atoms with Gasteiger partial charge in [0.25, 0.3) is 0 Å². The van der Waals surface area contributed by atoms with Gasteiger partial charge in [0, 0.05) is 5.39 Å². The van der Waals surface area contributed by atoms with Crippen molar-refractivity contribution in [2.24, 2.45) is 0 Å². The zero-order valence-electron chi connectivity index (χ0n) is 9.03. The van der Waals surface area contributed by atoms with Crippen LogP contribution in [0.5, 0.6) is 0 Å². The summed E-state index contributed by atoms with van der Waals surface area (Å²) >= 11 is 3.24. The molecule has 0 unspecified atom stereocenters. The van der Waals surface area contributed by atoms with Gasteiger partial charge in [-0.15, -0.1) is 0 Å². The summed E-state index contributed by atoms with van der Waals surface area (Å²) in [4.78, 5) is 23.3. The Bertz CT molecular complexity index is 630. The van der Waals surface area contributed by atoms with Crippen molar-refractivity contribution in [1.29, 1.82) is 0 Å². The molecule has 17 heavy (non-hydrogen) atoms. The molecule has 0 atom stereocenters. The molecule has 0 radical (unpaired) electrons. The molecule has 0 bridgehead atoms. The first kappa shape index (κ1) is 11.9. The third kappa shape index (κ3) is 2.10. The van der Waals surface area contributed by atoms with Gasteiger partial charge in [0.2, 0.25) is 0 Å². The third-order valence-corrected chi connectivity index (χ3v) is 3.05. The second kappa shape index (κ2) is 4.71. The summed E-state index contributed by atoms with van der Waals surface area (Å²) in [6.07, 6.45) is 0.